The molecule has 2 aliphatic rings. The maximum atomic E-state index is 13.6. The van der Waals surface area contributed by atoms with Crippen LogP contribution in [0.25, 0.3) is 0 Å². The molecule has 1 heterocycles. The first-order valence-electron chi connectivity index (χ1n) is 9.28. The number of ether oxygens (including phenoxy) is 1. The van der Waals surface area contributed by atoms with E-state index in [9.17, 15) is 14.3 Å². The molecule has 4 rings (SSSR count). The number of fused-ring (bicyclic) bond motifs is 2. The number of urea groups is 1. The van der Waals surface area contributed by atoms with Crippen molar-refractivity contribution in [2.75, 3.05) is 12.0 Å². The van der Waals surface area contributed by atoms with Gasteiger partial charge in [0.25, 0.3) is 0 Å². The first kappa shape index (κ1) is 19.0. The van der Waals surface area contributed by atoms with E-state index in [1.54, 1.807) is 25.1 Å². The lowest BCUT2D eigenvalue weighted by molar-refractivity contribution is 0.0263. The van der Waals surface area contributed by atoms with Gasteiger partial charge in [-0.1, -0.05) is 29.8 Å². The Bertz CT molecular complexity index is 923. The molecule has 148 valence electrons. The normalized spacial score (nSPS) is 25.4. The molecule has 0 saturated heterocycles. The fraction of sp³-hybridized carbons (Fsp3) is 0.381. The quantitative estimate of drug-likeness (QED) is 0.719. The average molecular weight is 405 g/mol. The number of aliphatic hydroxyl groups is 1. The molecule has 2 aromatic carbocycles. The summed E-state index contributed by atoms with van der Waals surface area (Å²) < 4.78 is 19.4. The predicted octanol–water partition coefficient (Wildman–Crippen LogP) is 4.17. The van der Waals surface area contributed by atoms with E-state index in [0.717, 1.165) is 16.7 Å². The minimum Gasteiger partial charge on any atom is -0.484 e. The van der Waals surface area contributed by atoms with E-state index in [0.29, 0.717) is 35.7 Å². The first-order chi connectivity index (χ1) is 13.4. The maximum absolute atomic E-state index is 13.6. The Morgan fingerprint density at radius 2 is 2.18 bits per heavy atom. The number of alkyl halides is 1. The van der Waals surface area contributed by atoms with E-state index >= 15 is 0 Å². The van der Waals surface area contributed by atoms with Crippen LogP contribution in [0.2, 0.25) is 5.02 Å². The summed E-state index contributed by atoms with van der Waals surface area (Å²) in [5.41, 5.74) is 2.41. The van der Waals surface area contributed by atoms with Crippen LogP contribution in [0.15, 0.2) is 36.4 Å². The second kappa shape index (κ2) is 7.26. The predicted molar refractivity (Wildman–Crippen MR) is 106 cm³/mol. The van der Waals surface area contributed by atoms with Crippen molar-refractivity contribution < 1.29 is 19.0 Å². The molecular formula is C21H22ClFN2O3. The number of aliphatic hydroxyl groups excluding tert-OH is 1. The highest BCUT2D eigenvalue weighted by Gasteiger charge is 2.38. The van der Waals surface area contributed by atoms with Crippen LogP contribution in [0, 0.1) is 0 Å². The number of hydrogen-bond acceptors (Lipinski definition) is 3. The molecule has 0 radical (unpaired) electrons. The van der Waals surface area contributed by atoms with Gasteiger partial charge in [-0.05, 0) is 42.7 Å². The van der Waals surface area contributed by atoms with Gasteiger partial charge in [0, 0.05) is 29.1 Å². The molecule has 1 aliphatic carbocycles. The number of amides is 2. The standard InChI is InChI=1S/C21H22ClFN2O3/c1-21(11-23)10-18(15-6-5-13(22)8-19(15)28-21)25-20(27)24-17-4-2-3-12-7-14(26)9-16(12)17/h2-6,8,14,18,26H,7,9-11H2,1H3,(H2,24,25,27)/t14-,18-,21?/m1/s1. The van der Waals surface area contributed by atoms with Crippen molar-refractivity contribution in [2.45, 2.75) is 43.9 Å². The zero-order valence-corrected chi connectivity index (χ0v) is 16.2. The van der Waals surface area contributed by atoms with Crippen LogP contribution in [0.5, 0.6) is 5.75 Å². The molecular weight excluding hydrogens is 383 g/mol. The zero-order valence-electron chi connectivity index (χ0n) is 15.5. The monoisotopic (exact) mass is 404 g/mol. The molecule has 0 saturated carbocycles. The van der Waals surface area contributed by atoms with Crippen molar-refractivity contribution in [3.8, 4) is 5.75 Å². The van der Waals surface area contributed by atoms with E-state index in [1.807, 2.05) is 18.2 Å². The van der Waals surface area contributed by atoms with Crippen LogP contribution >= 0.6 is 11.6 Å². The highest BCUT2D eigenvalue weighted by Crippen LogP contribution is 2.41. The molecule has 0 bridgehead atoms. The van der Waals surface area contributed by atoms with Crippen LogP contribution < -0.4 is 15.4 Å². The lowest BCUT2D eigenvalue weighted by atomic mass is 9.89. The van der Waals surface area contributed by atoms with Crippen molar-refractivity contribution in [3.05, 3.63) is 58.1 Å². The Morgan fingerprint density at radius 1 is 1.36 bits per heavy atom. The summed E-state index contributed by atoms with van der Waals surface area (Å²) in [7, 11) is 0. The van der Waals surface area contributed by atoms with Gasteiger partial charge in [0.1, 0.15) is 18.0 Å². The molecule has 5 nitrogen and oxygen atoms in total. The highest BCUT2D eigenvalue weighted by molar-refractivity contribution is 6.30. The molecule has 2 amide bonds. The summed E-state index contributed by atoms with van der Waals surface area (Å²) in [5, 5.41) is 16.2. The summed E-state index contributed by atoms with van der Waals surface area (Å²) >= 11 is 6.05. The van der Waals surface area contributed by atoms with Gasteiger partial charge in [-0.3, -0.25) is 0 Å². The molecule has 0 spiro atoms. The number of benzene rings is 2. The fourth-order valence-corrected chi connectivity index (χ4v) is 4.17. The molecule has 28 heavy (non-hydrogen) atoms. The molecule has 1 unspecified atom stereocenters. The van der Waals surface area contributed by atoms with Gasteiger partial charge in [0.15, 0.2) is 0 Å². The fourth-order valence-electron chi connectivity index (χ4n) is 4.01. The third-order valence-electron chi connectivity index (χ3n) is 5.35. The minimum absolute atomic E-state index is 0.303. The van der Waals surface area contributed by atoms with Crippen LogP contribution in [0.3, 0.4) is 0 Å². The van der Waals surface area contributed by atoms with Crippen LogP contribution in [-0.2, 0) is 12.8 Å². The van der Waals surface area contributed by atoms with Gasteiger partial charge in [0.2, 0.25) is 0 Å². The smallest absolute Gasteiger partial charge is 0.319 e. The van der Waals surface area contributed by atoms with Gasteiger partial charge >= 0.3 is 6.03 Å². The first-order valence-corrected chi connectivity index (χ1v) is 9.65. The molecule has 2 aromatic rings. The summed E-state index contributed by atoms with van der Waals surface area (Å²) in [5.74, 6) is 0.480. The van der Waals surface area contributed by atoms with E-state index in [-0.39, 0.29) is 6.03 Å². The SMILES string of the molecule is CC1(CF)C[C@@H](NC(=O)Nc2cccc3c2C[C@H](O)C3)c2ccc(Cl)cc2O1. The lowest BCUT2D eigenvalue weighted by Gasteiger charge is -2.38. The Hall–Kier alpha value is -2.31. The molecule has 7 heteroatoms. The van der Waals surface area contributed by atoms with Gasteiger partial charge in [-0.25, -0.2) is 9.18 Å². The molecule has 3 atom stereocenters. The molecule has 0 aromatic heterocycles. The van der Waals surface area contributed by atoms with Gasteiger partial charge in [0.05, 0.1) is 12.1 Å². The summed E-state index contributed by atoms with van der Waals surface area (Å²) in [6.07, 6.45) is 0.995. The van der Waals surface area contributed by atoms with Crippen molar-refractivity contribution >= 4 is 23.3 Å². The molecule has 3 N–H and O–H groups in total. The van der Waals surface area contributed by atoms with Gasteiger partial charge < -0.3 is 20.5 Å². The zero-order chi connectivity index (χ0) is 19.9. The Kier molecular flexibility index (Phi) is 4.93. The van der Waals surface area contributed by atoms with Crippen molar-refractivity contribution in [3.63, 3.8) is 0 Å². The molecule has 0 fully saturated rings. The summed E-state index contributed by atoms with van der Waals surface area (Å²) in [6.45, 7) is 0.998. The van der Waals surface area contributed by atoms with Crippen molar-refractivity contribution in [1.82, 2.24) is 5.32 Å². The van der Waals surface area contributed by atoms with Crippen LogP contribution in [0.1, 0.15) is 36.1 Å². The summed E-state index contributed by atoms with van der Waals surface area (Å²) in [6, 6.07) is 9.99. The largest absolute Gasteiger partial charge is 0.484 e. The van der Waals surface area contributed by atoms with Crippen LogP contribution in [-0.4, -0.2) is 29.5 Å². The molecule has 1 aliphatic heterocycles. The number of anilines is 1. The topological polar surface area (TPSA) is 70.6 Å². The number of carbonyl (C=O) groups excluding carboxylic acids is 1. The van der Waals surface area contributed by atoms with E-state index < -0.39 is 24.4 Å². The number of rotatable bonds is 3. The van der Waals surface area contributed by atoms with Gasteiger partial charge in [-0.15, -0.1) is 0 Å². The highest BCUT2D eigenvalue weighted by atomic mass is 35.5. The third kappa shape index (κ3) is 3.66. The number of carbonyl (C=O) groups is 1. The summed E-state index contributed by atoms with van der Waals surface area (Å²) in [4.78, 5) is 12.7. The number of nitrogens with one attached hydrogen (secondary N) is 2. The average Bonchev–Trinajstić information content (AvgIpc) is 3.02. The third-order valence-corrected chi connectivity index (χ3v) is 5.58. The van der Waals surface area contributed by atoms with Crippen molar-refractivity contribution in [1.29, 1.82) is 0 Å². The Morgan fingerprint density at radius 3 is 2.96 bits per heavy atom. The van der Waals surface area contributed by atoms with E-state index in [4.69, 9.17) is 16.3 Å². The van der Waals surface area contributed by atoms with Gasteiger partial charge in [-0.2, -0.15) is 0 Å². The van der Waals surface area contributed by atoms with Crippen LogP contribution in [0.4, 0.5) is 14.9 Å². The van der Waals surface area contributed by atoms with Crippen molar-refractivity contribution in [2.24, 2.45) is 0 Å². The lowest BCUT2D eigenvalue weighted by Crippen LogP contribution is -2.45. The van der Waals surface area contributed by atoms with E-state index in [2.05, 4.69) is 10.6 Å². The maximum Gasteiger partial charge on any atom is 0.319 e. The second-order valence-corrected chi connectivity index (χ2v) is 8.16. The number of hydrogen-bond donors (Lipinski definition) is 3. The van der Waals surface area contributed by atoms with E-state index in [1.165, 1.54) is 0 Å². The Labute approximate surface area is 167 Å². The minimum atomic E-state index is -1.03. The number of halogens is 2. The second-order valence-electron chi connectivity index (χ2n) is 7.73. The Balaban J connectivity index is 1.54.